The van der Waals surface area contributed by atoms with Crippen LogP contribution in [0.4, 0.5) is 0 Å². The van der Waals surface area contributed by atoms with Crippen LogP contribution in [0.3, 0.4) is 0 Å². The third-order valence-corrected chi connectivity index (χ3v) is 4.23. The van der Waals surface area contributed by atoms with Gasteiger partial charge >= 0.3 is 5.97 Å². The van der Waals surface area contributed by atoms with Crippen LogP contribution in [0.1, 0.15) is 53.4 Å². The van der Waals surface area contributed by atoms with Gasteiger partial charge in [0.25, 0.3) is 0 Å². The predicted octanol–water partition coefficient (Wildman–Crippen LogP) is 2.98. The number of hydrogen-bond donors (Lipinski definition) is 1. The van der Waals surface area contributed by atoms with E-state index < -0.39 is 0 Å². The maximum absolute atomic E-state index is 11.6. The van der Waals surface area contributed by atoms with Gasteiger partial charge in [0.2, 0.25) is 0 Å². The molecule has 106 valence electrons. The Kier molecular flexibility index (Phi) is 6.50. The maximum Gasteiger partial charge on any atom is 0.316 e. The van der Waals surface area contributed by atoms with Crippen LogP contribution in [-0.2, 0) is 9.53 Å². The van der Waals surface area contributed by atoms with Crippen molar-refractivity contribution in [1.29, 1.82) is 0 Å². The molecule has 1 aliphatic rings. The van der Waals surface area contributed by atoms with Crippen molar-refractivity contribution in [2.24, 2.45) is 0 Å². The van der Waals surface area contributed by atoms with E-state index in [4.69, 9.17) is 4.74 Å². The Morgan fingerprint density at radius 2 is 2.11 bits per heavy atom. The Balaban J connectivity index is 2.15. The molecule has 0 aromatic carbocycles. The summed E-state index contributed by atoms with van der Waals surface area (Å²) in [7, 11) is 0. The third kappa shape index (κ3) is 6.64. The van der Waals surface area contributed by atoms with Crippen LogP contribution in [0.2, 0.25) is 0 Å². The summed E-state index contributed by atoms with van der Waals surface area (Å²) in [4.78, 5) is 11.6. The minimum Gasteiger partial charge on any atom is -0.459 e. The van der Waals surface area contributed by atoms with Gasteiger partial charge in [-0.15, -0.1) is 11.8 Å². The number of nitrogens with one attached hydrogen (secondary N) is 1. The molecule has 0 radical (unpaired) electrons. The molecule has 2 atom stereocenters. The fourth-order valence-electron chi connectivity index (χ4n) is 2.18. The van der Waals surface area contributed by atoms with Crippen LogP contribution < -0.4 is 5.32 Å². The Morgan fingerprint density at radius 3 is 2.72 bits per heavy atom. The SMILES string of the molecule is CCCNC1CCC(SCC(=O)OC(C)(C)C)C1. The number of esters is 1. The number of rotatable bonds is 6. The van der Waals surface area contributed by atoms with Gasteiger partial charge in [-0.25, -0.2) is 0 Å². The van der Waals surface area contributed by atoms with Crippen LogP contribution in [-0.4, -0.2) is 35.2 Å². The second-order valence-electron chi connectivity index (χ2n) is 5.98. The first kappa shape index (κ1) is 15.8. The van der Waals surface area contributed by atoms with Crippen molar-refractivity contribution in [3.63, 3.8) is 0 Å². The van der Waals surface area contributed by atoms with Crippen molar-refractivity contribution in [2.75, 3.05) is 12.3 Å². The molecule has 0 amide bonds. The van der Waals surface area contributed by atoms with E-state index in [-0.39, 0.29) is 11.6 Å². The Bertz CT molecular complexity index is 263. The fourth-order valence-corrected chi connectivity index (χ4v) is 3.28. The maximum atomic E-state index is 11.6. The Hall–Kier alpha value is -0.220. The molecule has 0 bridgehead atoms. The average molecular weight is 273 g/mol. The van der Waals surface area contributed by atoms with Crippen molar-refractivity contribution in [3.05, 3.63) is 0 Å². The van der Waals surface area contributed by atoms with E-state index in [1.807, 2.05) is 20.8 Å². The zero-order valence-electron chi connectivity index (χ0n) is 12.1. The van der Waals surface area contributed by atoms with Crippen LogP contribution in [0.25, 0.3) is 0 Å². The molecule has 0 aliphatic heterocycles. The first-order valence-corrected chi connectivity index (χ1v) is 8.02. The van der Waals surface area contributed by atoms with Crippen molar-refractivity contribution < 1.29 is 9.53 Å². The zero-order valence-corrected chi connectivity index (χ0v) is 12.9. The molecule has 18 heavy (non-hydrogen) atoms. The molecule has 0 spiro atoms. The largest absolute Gasteiger partial charge is 0.459 e. The van der Waals surface area contributed by atoms with Crippen molar-refractivity contribution in [3.8, 4) is 0 Å². The lowest BCUT2D eigenvalue weighted by atomic mass is 10.2. The highest BCUT2D eigenvalue weighted by molar-refractivity contribution is 8.00. The van der Waals surface area contributed by atoms with E-state index in [1.54, 1.807) is 11.8 Å². The molecule has 0 saturated heterocycles. The highest BCUT2D eigenvalue weighted by Gasteiger charge is 2.25. The van der Waals surface area contributed by atoms with Gasteiger partial charge in [0.05, 0.1) is 5.75 Å². The molecular weight excluding hydrogens is 246 g/mol. The number of ether oxygens (including phenoxy) is 1. The molecule has 0 aromatic rings. The molecule has 1 N–H and O–H groups in total. The lowest BCUT2D eigenvalue weighted by Gasteiger charge is -2.20. The average Bonchev–Trinajstić information content (AvgIpc) is 2.69. The first-order valence-electron chi connectivity index (χ1n) is 6.97. The zero-order chi connectivity index (χ0) is 13.6. The first-order chi connectivity index (χ1) is 8.40. The fraction of sp³-hybridized carbons (Fsp3) is 0.929. The highest BCUT2D eigenvalue weighted by atomic mass is 32.2. The Morgan fingerprint density at radius 1 is 1.39 bits per heavy atom. The molecular formula is C14H27NO2S. The summed E-state index contributed by atoms with van der Waals surface area (Å²) < 4.78 is 5.31. The van der Waals surface area contributed by atoms with E-state index in [1.165, 1.54) is 25.7 Å². The van der Waals surface area contributed by atoms with E-state index >= 15 is 0 Å². The van der Waals surface area contributed by atoms with Crippen molar-refractivity contribution in [1.82, 2.24) is 5.32 Å². The summed E-state index contributed by atoms with van der Waals surface area (Å²) in [5, 5.41) is 4.18. The van der Waals surface area contributed by atoms with Gasteiger partial charge < -0.3 is 10.1 Å². The molecule has 1 aliphatic carbocycles. The molecule has 3 nitrogen and oxygen atoms in total. The smallest absolute Gasteiger partial charge is 0.316 e. The Labute approximate surface area is 115 Å². The minimum absolute atomic E-state index is 0.0857. The third-order valence-electron chi connectivity index (χ3n) is 2.92. The molecule has 1 rings (SSSR count). The van der Waals surface area contributed by atoms with Crippen LogP contribution in [0.5, 0.6) is 0 Å². The molecule has 0 heterocycles. The van der Waals surface area contributed by atoms with Crippen LogP contribution >= 0.6 is 11.8 Å². The molecule has 0 aromatic heterocycles. The van der Waals surface area contributed by atoms with Gasteiger partial charge in [0, 0.05) is 11.3 Å². The standard InChI is InChI=1S/C14H27NO2S/c1-5-8-15-11-6-7-12(9-11)18-10-13(16)17-14(2,3)4/h11-12,15H,5-10H2,1-4H3. The van der Waals surface area contributed by atoms with E-state index in [9.17, 15) is 4.79 Å². The number of thioether (sulfide) groups is 1. The summed E-state index contributed by atoms with van der Waals surface area (Å²) in [5.74, 6) is 0.403. The summed E-state index contributed by atoms with van der Waals surface area (Å²) in [6, 6.07) is 0.654. The topological polar surface area (TPSA) is 38.3 Å². The van der Waals surface area contributed by atoms with E-state index in [0.29, 0.717) is 17.0 Å². The van der Waals surface area contributed by atoms with Crippen molar-refractivity contribution in [2.45, 2.75) is 70.3 Å². The number of carbonyl (C=O) groups is 1. The van der Waals surface area contributed by atoms with E-state index in [2.05, 4.69) is 12.2 Å². The quantitative estimate of drug-likeness (QED) is 0.755. The lowest BCUT2D eigenvalue weighted by Crippen LogP contribution is -2.27. The molecule has 1 saturated carbocycles. The molecule has 2 unspecified atom stereocenters. The van der Waals surface area contributed by atoms with E-state index in [0.717, 1.165) is 6.54 Å². The molecule has 4 heteroatoms. The second kappa shape index (κ2) is 7.39. The van der Waals surface area contributed by atoms with Gasteiger partial charge in [-0.05, 0) is 53.0 Å². The highest BCUT2D eigenvalue weighted by Crippen LogP contribution is 2.30. The molecule has 1 fully saturated rings. The number of carbonyl (C=O) groups excluding carboxylic acids is 1. The summed E-state index contributed by atoms with van der Waals surface area (Å²) in [5.41, 5.74) is -0.363. The summed E-state index contributed by atoms with van der Waals surface area (Å²) in [6.45, 7) is 9.03. The van der Waals surface area contributed by atoms with Gasteiger partial charge in [0.15, 0.2) is 0 Å². The monoisotopic (exact) mass is 273 g/mol. The van der Waals surface area contributed by atoms with Crippen LogP contribution in [0.15, 0.2) is 0 Å². The van der Waals surface area contributed by atoms with Gasteiger partial charge in [0.1, 0.15) is 5.60 Å². The number of hydrogen-bond acceptors (Lipinski definition) is 4. The van der Waals surface area contributed by atoms with Gasteiger partial charge in [-0.1, -0.05) is 6.92 Å². The summed E-state index contributed by atoms with van der Waals surface area (Å²) >= 11 is 1.76. The predicted molar refractivity (Wildman–Crippen MR) is 78.0 cm³/mol. The van der Waals surface area contributed by atoms with Crippen molar-refractivity contribution >= 4 is 17.7 Å². The summed E-state index contributed by atoms with van der Waals surface area (Å²) in [6.07, 6.45) is 4.83. The van der Waals surface area contributed by atoms with Gasteiger partial charge in [-0.2, -0.15) is 0 Å². The minimum atomic E-state index is -0.363. The second-order valence-corrected chi connectivity index (χ2v) is 7.27. The van der Waals surface area contributed by atoms with Crippen LogP contribution in [0, 0.1) is 0 Å². The van der Waals surface area contributed by atoms with Gasteiger partial charge in [-0.3, -0.25) is 4.79 Å². The lowest BCUT2D eigenvalue weighted by molar-refractivity contribution is -0.151. The normalized spacial score (nSPS) is 24.2.